The molecule has 28 heavy (non-hydrogen) atoms. The Bertz CT molecular complexity index is 845. The summed E-state index contributed by atoms with van der Waals surface area (Å²) >= 11 is 5.88. The first kappa shape index (κ1) is 21.0. The molecule has 3 amide bonds. The van der Waals surface area contributed by atoms with Gasteiger partial charge in [-0.05, 0) is 37.3 Å². The SMILES string of the molecule is COc1ccc(Cl)cc1C(=O)NNC(=O)[C@H](C)NC(=O)COc1ccccc1. The second-order valence-corrected chi connectivity index (χ2v) is 6.12. The van der Waals surface area contributed by atoms with Gasteiger partial charge in [-0.25, -0.2) is 0 Å². The van der Waals surface area contributed by atoms with Crippen LogP contribution in [0.15, 0.2) is 48.5 Å². The van der Waals surface area contributed by atoms with Crippen molar-refractivity contribution in [1.82, 2.24) is 16.2 Å². The van der Waals surface area contributed by atoms with Gasteiger partial charge in [-0.1, -0.05) is 29.8 Å². The molecule has 1 atom stereocenters. The second-order valence-electron chi connectivity index (χ2n) is 5.68. The molecule has 148 valence electrons. The minimum absolute atomic E-state index is 0.156. The van der Waals surface area contributed by atoms with Crippen LogP contribution in [0.25, 0.3) is 0 Å². The quantitative estimate of drug-likeness (QED) is 0.608. The van der Waals surface area contributed by atoms with Crippen molar-refractivity contribution >= 4 is 29.3 Å². The van der Waals surface area contributed by atoms with Gasteiger partial charge in [-0.3, -0.25) is 25.2 Å². The Labute approximate surface area is 167 Å². The molecule has 0 bridgehead atoms. The largest absolute Gasteiger partial charge is 0.496 e. The van der Waals surface area contributed by atoms with E-state index in [0.29, 0.717) is 16.5 Å². The lowest BCUT2D eigenvalue weighted by molar-refractivity contribution is -0.130. The number of halogens is 1. The van der Waals surface area contributed by atoms with E-state index in [4.69, 9.17) is 21.1 Å². The van der Waals surface area contributed by atoms with Crippen LogP contribution < -0.4 is 25.6 Å². The molecule has 3 N–H and O–H groups in total. The van der Waals surface area contributed by atoms with Gasteiger partial charge in [0, 0.05) is 5.02 Å². The highest BCUT2D eigenvalue weighted by Crippen LogP contribution is 2.22. The summed E-state index contributed by atoms with van der Waals surface area (Å²) in [5.41, 5.74) is 4.65. The number of hydrogen-bond acceptors (Lipinski definition) is 5. The molecule has 0 unspecified atom stereocenters. The van der Waals surface area contributed by atoms with Gasteiger partial charge in [0.1, 0.15) is 17.5 Å². The number of carbonyl (C=O) groups is 3. The number of hydrogen-bond donors (Lipinski definition) is 3. The van der Waals surface area contributed by atoms with E-state index in [-0.39, 0.29) is 12.2 Å². The smallest absolute Gasteiger partial charge is 0.273 e. The highest BCUT2D eigenvalue weighted by atomic mass is 35.5. The maximum atomic E-state index is 12.2. The molecule has 0 aromatic heterocycles. The van der Waals surface area contributed by atoms with E-state index in [2.05, 4.69) is 16.2 Å². The van der Waals surface area contributed by atoms with Crippen LogP contribution in [-0.4, -0.2) is 37.5 Å². The first-order valence-corrected chi connectivity index (χ1v) is 8.69. The first-order chi connectivity index (χ1) is 13.4. The molecule has 0 aliphatic heterocycles. The molecule has 2 aromatic rings. The molecule has 0 aliphatic carbocycles. The van der Waals surface area contributed by atoms with Gasteiger partial charge in [-0.15, -0.1) is 0 Å². The van der Waals surface area contributed by atoms with Crippen LogP contribution in [0.2, 0.25) is 5.02 Å². The Hall–Kier alpha value is -3.26. The lowest BCUT2D eigenvalue weighted by Crippen LogP contribution is -2.51. The van der Waals surface area contributed by atoms with Crippen molar-refractivity contribution in [3.05, 3.63) is 59.1 Å². The molecular formula is C19H20ClN3O5. The van der Waals surface area contributed by atoms with E-state index in [1.54, 1.807) is 30.3 Å². The number of methoxy groups -OCH3 is 1. The van der Waals surface area contributed by atoms with Crippen LogP contribution in [0.5, 0.6) is 11.5 Å². The third-order valence-electron chi connectivity index (χ3n) is 3.59. The average molecular weight is 406 g/mol. The van der Waals surface area contributed by atoms with E-state index in [0.717, 1.165) is 0 Å². The monoisotopic (exact) mass is 405 g/mol. The Kier molecular flexibility index (Phi) is 7.65. The third-order valence-corrected chi connectivity index (χ3v) is 3.82. The molecule has 8 nitrogen and oxygen atoms in total. The molecule has 0 aliphatic rings. The summed E-state index contributed by atoms with van der Waals surface area (Å²) in [5, 5.41) is 2.82. The lowest BCUT2D eigenvalue weighted by atomic mass is 10.2. The van der Waals surface area contributed by atoms with Crippen molar-refractivity contribution in [3.63, 3.8) is 0 Å². The van der Waals surface area contributed by atoms with Crippen LogP contribution in [0.4, 0.5) is 0 Å². The molecule has 2 aromatic carbocycles. The van der Waals surface area contributed by atoms with Gasteiger partial charge in [0.25, 0.3) is 17.7 Å². The zero-order chi connectivity index (χ0) is 20.5. The Morgan fingerprint density at radius 2 is 1.79 bits per heavy atom. The van der Waals surface area contributed by atoms with Crippen LogP contribution in [-0.2, 0) is 9.59 Å². The third kappa shape index (κ3) is 6.17. The lowest BCUT2D eigenvalue weighted by Gasteiger charge is -2.15. The fraction of sp³-hybridized carbons (Fsp3) is 0.211. The van der Waals surface area contributed by atoms with Gasteiger partial charge >= 0.3 is 0 Å². The fourth-order valence-corrected chi connectivity index (χ4v) is 2.34. The molecule has 9 heteroatoms. The summed E-state index contributed by atoms with van der Waals surface area (Å²) in [5.74, 6) is -0.858. The molecular weight excluding hydrogens is 386 g/mol. The Morgan fingerprint density at radius 3 is 2.46 bits per heavy atom. The maximum absolute atomic E-state index is 12.2. The fourth-order valence-electron chi connectivity index (χ4n) is 2.17. The standard InChI is InChI=1S/C19H20ClN3O5/c1-12(21-17(24)11-28-14-6-4-3-5-7-14)18(25)22-23-19(26)15-10-13(20)8-9-16(15)27-2/h3-10,12H,11H2,1-2H3,(H,21,24)(H,22,25)(H,23,26)/t12-/m0/s1. The van der Waals surface area contributed by atoms with Crippen molar-refractivity contribution in [2.75, 3.05) is 13.7 Å². The number of hydrazine groups is 1. The van der Waals surface area contributed by atoms with Gasteiger partial charge < -0.3 is 14.8 Å². The summed E-state index contributed by atoms with van der Waals surface area (Å²) in [6, 6.07) is 12.4. The van der Waals surface area contributed by atoms with Crippen molar-refractivity contribution < 1.29 is 23.9 Å². The van der Waals surface area contributed by atoms with Crippen molar-refractivity contribution in [3.8, 4) is 11.5 Å². The summed E-state index contributed by atoms with van der Waals surface area (Å²) in [7, 11) is 1.41. The molecule has 0 saturated carbocycles. The first-order valence-electron chi connectivity index (χ1n) is 8.31. The van der Waals surface area contributed by atoms with Crippen molar-refractivity contribution in [2.45, 2.75) is 13.0 Å². The number of ether oxygens (including phenoxy) is 2. The van der Waals surface area contributed by atoms with Crippen molar-refractivity contribution in [1.29, 1.82) is 0 Å². The number of benzene rings is 2. The minimum atomic E-state index is -0.895. The van der Waals surface area contributed by atoms with Crippen molar-refractivity contribution in [2.24, 2.45) is 0 Å². The van der Waals surface area contributed by atoms with Crippen LogP contribution in [0.3, 0.4) is 0 Å². The number of carbonyl (C=O) groups excluding carboxylic acids is 3. The minimum Gasteiger partial charge on any atom is -0.496 e. The second kappa shape index (κ2) is 10.2. The summed E-state index contributed by atoms with van der Waals surface area (Å²) in [6.45, 7) is 1.23. The Morgan fingerprint density at radius 1 is 1.07 bits per heavy atom. The van der Waals surface area contributed by atoms with Gasteiger partial charge in [0.05, 0.1) is 12.7 Å². The molecule has 0 saturated heterocycles. The number of para-hydroxylation sites is 1. The number of nitrogens with one attached hydrogen (secondary N) is 3. The van der Waals surface area contributed by atoms with Crippen LogP contribution in [0, 0.1) is 0 Å². The molecule has 0 radical (unpaired) electrons. The number of rotatable bonds is 7. The summed E-state index contributed by atoms with van der Waals surface area (Å²) in [4.78, 5) is 36.2. The van der Waals surface area contributed by atoms with Gasteiger partial charge in [-0.2, -0.15) is 0 Å². The van der Waals surface area contributed by atoms with E-state index < -0.39 is 23.8 Å². The Balaban J connectivity index is 1.81. The zero-order valence-corrected chi connectivity index (χ0v) is 16.1. The van der Waals surface area contributed by atoms with E-state index in [1.807, 2.05) is 6.07 Å². The predicted molar refractivity (Wildman–Crippen MR) is 103 cm³/mol. The predicted octanol–water partition coefficient (Wildman–Crippen LogP) is 1.69. The van der Waals surface area contributed by atoms with Gasteiger partial charge in [0.2, 0.25) is 0 Å². The summed E-state index contributed by atoms with van der Waals surface area (Å²) in [6.07, 6.45) is 0. The average Bonchev–Trinajstić information content (AvgIpc) is 2.70. The highest BCUT2D eigenvalue weighted by molar-refractivity contribution is 6.31. The van der Waals surface area contributed by atoms with E-state index in [1.165, 1.54) is 26.2 Å². The van der Waals surface area contributed by atoms with Crippen LogP contribution >= 0.6 is 11.6 Å². The molecule has 0 heterocycles. The van der Waals surface area contributed by atoms with Crippen LogP contribution in [0.1, 0.15) is 17.3 Å². The number of amides is 3. The highest BCUT2D eigenvalue weighted by Gasteiger charge is 2.18. The summed E-state index contributed by atoms with van der Waals surface area (Å²) < 4.78 is 10.4. The maximum Gasteiger partial charge on any atom is 0.273 e. The zero-order valence-electron chi connectivity index (χ0n) is 15.3. The van der Waals surface area contributed by atoms with Gasteiger partial charge in [0.15, 0.2) is 6.61 Å². The normalized spacial score (nSPS) is 11.1. The topological polar surface area (TPSA) is 106 Å². The van der Waals surface area contributed by atoms with E-state index in [9.17, 15) is 14.4 Å². The van der Waals surface area contributed by atoms with E-state index >= 15 is 0 Å². The molecule has 2 rings (SSSR count). The molecule has 0 spiro atoms. The molecule has 0 fully saturated rings.